The largest absolute Gasteiger partial charge is 0.489 e. The highest BCUT2D eigenvalue weighted by molar-refractivity contribution is 7.78. The second kappa shape index (κ2) is 3.96. The van der Waals surface area contributed by atoms with Crippen LogP contribution in [-0.2, 0) is 0 Å². The van der Waals surface area contributed by atoms with E-state index in [4.69, 9.17) is 29.4 Å². The van der Waals surface area contributed by atoms with Crippen LogP contribution in [0.15, 0.2) is 0 Å². The first-order valence-electron chi connectivity index (χ1n) is 3.22. The molecule has 8 nitrogen and oxygen atoms in total. The normalized spacial score (nSPS) is 14.8. The molecule has 0 aromatic carbocycles. The molecule has 0 amide bonds. The summed E-state index contributed by atoms with van der Waals surface area (Å²) in [6.45, 7) is -0.122. The number of hydrogen-bond donors (Lipinski definition) is 8. The molecule has 0 fully saturated rings. The fourth-order valence-corrected chi connectivity index (χ4v) is 3.07. The maximum atomic E-state index is 9.24. The predicted molar refractivity (Wildman–Crippen MR) is 44.5 cm³/mol. The number of aliphatic hydroxyl groups is 1. The van der Waals surface area contributed by atoms with E-state index in [1.54, 1.807) is 0 Å². The molecule has 0 heterocycles. The Morgan fingerprint density at radius 3 is 1.31 bits per heavy atom. The molecule has 0 radical (unpaired) electrons. The summed E-state index contributed by atoms with van der Waals surface area (Å²) in [6.07, 6.45) is -0.637. The minimum absolute atomic E-state index is 0.122. The maximum absolute atomic E-state index is 9.24. The summed E-state index contributed by atoms with van der Waals surface area (Å²) in [4.78, 5) is 52.2. The monoisotopic (exact) mass is 238 g/mol. The van der Waals surface area contributed by atoms with Gasteiger partial charge in [-0.25, -0.2) is 0 Å². The van der Waals surface area contributed by atoms with E-state index in [-0.39, 0.29) is 6.54 Å². The van der Waals surface area contributed by atoms with Crippen molar-refractivity contribution in [1.29, 1.82) is 0 Å². The summed E-state index contributed by atoms with van der Waals surface area (Å²) >= 11 is 0. The zero-order chi connectivity index (χ0) is 10.9. The average Bonchev–Trinajstić information content (AvgIpc) is 1.82. The van der Waals surface area contributed by atoms with Gasteiger partial charge in [0.15, 0.2) is 0 Å². The van der Waals surface area contributed by atoms with E-state index in [1.165, 1.54) is 0 Å². The number of hydrogen-bond acceptors (Lipinski definition) is 7. The van der Waals surface area contributed by atoms with Gasteiger partial charge in [-0.1, -0.05) is 0 Å². The molecule has 0 saturated heterocycles. The molecule has 0 atom stereocenters. The van der Waals surface area contributed by atoms with Gasteiger partial charge in [0.1, 0.15) is 6.42 Å². The summed E-state index contributed by atoms with van der Waals surface area (Å²) in [6, 6.07) is 0. The molecule has 0 aromatic heterocycles. The van der Waals surface area contributed by atoms with Crippen LogP contribution in [0.25, 0.3) is 0 Å². The van der Waals surface area contributed by atoms with Crippen LogP contribution in [0.4, 0.5) is 0 Å². The quantitative estimate of drug-likeness (QED) is 0.238. The van der Waals surface area contributed by atoms with Crippen LogP contribution in [0.5, 0.6) is 0 Å². The van der Waals surface area contributed by atoms with Gasteiger partial charge < -0.3 is 10.8 Å². The fourth-order valence-electron chi connectivity index (χ4n) is 0.717. The van der Waals surface area contributed by atoms with Crippen LogP contribution in [0.2, 0.25) is 0 Å². The van der Waals surface area contributed by atoms with Crippen LogP contribution in [0, 0.1) is 0 Å². The topological polar surface area (TPSA) is 169 Å². The first kappa shape index (κ1) is 13.5. The van der Waals surface area contributed by atoms with Crippen molar-refractivity contribution < 1.29 is 40.2 Å². The van der Waals surface area contributed by atoms with E-state index in [0.29, 0.717) is 0 Å². The Morgan fingerprint density at radius 2 is 1.23 bits per heavy atom. The van der Waals surface area contributed by atoms with E-state index in [2.05, 4.69) is 5.73 Å². The lowest BCUT2D eigenvalue weighted by Crippen LogP contribution is -2.54. The van der Waals surface area contributed by atoms with E-state index in [0.717, 1.165) is 0 Å². The molecule has 0 saturated carbocycles. The van der Waals surface area contributed by atoms with Gasteiger partial charge in [0.2, 0.25) is 0 Å². The first-order valence-corrected chi connectivity index (χ1v) is 6.52. The Kier molecular flexibility index (Phi) is 4.12. The van der Waals surface area contributed by atoms with Crippen molar-refractivity contribution in [1.82, 2.24) is 0 Å². The van der Waals surface area contributed by atoms with Crippen molar-refractivity contribution in [2.24, 2.45) is 0 Å². The van der Waals surface area contributed by atoms with E-state index in [9.17, 15) is 5.11 Å². The Bertz CT molecular complexity index is 160. The molecule has 0 aliphatic heterocycles. The fraction of sp³-hybridized carbons (Fsp3) is 1.00. The zero-order valence-electron chi connectivity index (χ0n) is 6.65. The lowest BCUT2D eigenvalue weighted by molar-refractivity contribution is -0.371. The van der Waals surface area contributed by atoms with Gasteiger partial charge in [-0.05, 0) is 0 Å². The summed E-state index contributed by atoms with van der Waals surface area (Å²) in [7, 11) is -9.92. The van der Waals surface area contributed by atoms with Crippen molar-refractivity contribution in [3.05, 3.63) is 0 Å². The zero-order valence-corrected chi connectivity index (χ0v) is 8.44. The van der Waals surface area contributed by atoms with Gasteiger partial charge in [0, 0.05) is 0 Å². The molecular weight excluding hydrogens is 224 g/mol. The van der Waals surface area contributed by atoms with Crippen LogP contribution in [0.1, 0.15) is 6.42 Å². The van der Waals surface area contributed by atoms with E-state index >= 15 is 0 Å². The lowest BCUT2D eigenvalue weighted by Gasteiger charge is -2.23. The van der Waals surface area contributed by atoms with Crippen molar-refractivity contribution in [2.75, 3.05) is 6.54 Å². The third-order valence-electron chi connectivity index (χ3n) is 1.47. The first-order chi connectivity index (χ1) is 5.56. The molecule has 80 valence electrons. The predicted octanol–water partition coefficient (Wildman–Crippen LogP) is -3.26. The molecule has 10 heteroatoms. The molecule has 0 rings (SSSR count). The highest BCUT2D eigenvalue weighted by Gasteiger charge is 2.78. The minimum Gasteiger partial charge on any atom is -0.357 e. The average molecular weight is 238 g/mol. The Labute approximate surface area is 75.1 Å². The van der Waals surface area contributed by atoms with Gasteiger partial charge >= 0.3 is 21.0 Å². The lowest BCUT2D eigenvalue weighted by atomic mass is 10.5. The molecule has 0 aliphatic rings. The van der Waals surface area contributed by atoms with E-state index in [1.807, 2.05) is 0 Å². The Balaban J connectivity index is 4.96. The smallest absolute Gasteiger partial charge is 0.357 e. The Morgan fingerprint density at radius 1 is 0.923 bits per heavy atom. The van der Waals surface area contributed by atoms with Crippen molar-refractivity contribution in [3.63, 3.8) is 0 Å². The van der Waals surface area contributed by atoms with Crippen LogP contribution < -0.4 is 5.73 Å². The second-order valence-electron chi connectivity index (χ2n) is 2.51. The minimum atomic E-state index is -4.96. The molecule has 10 N–H and O–H groups in total. The van der Waals surface area contributed by atoms with Gasteiger partial charge in [-0.2, -0.15) is 29.4 Å². The molecule has 0 spiro atoms. The molecule has 0 bridgehead atoms. The van der Waals surface area contributed by atoms with Gasteiger partial charge in [-0.15, -0.1) is 0 Å². The molecule has 0 unspecified atom stereocenters. The molecular formula is C3H14NO7P2+3. The maximum Gasteiger partial charge on any atom is 0.489 e. The van der Waals surface area contributed by atoms with Crippen LogP contribution in [0.3, 0.4) is 0 Å². The Hall–Kier alpha value is 0.540. The summed E-state index contributed by atoms with van der Waals surface area (Å²) < 4.78 is 0. The summed E-state index contributed by atoms with van der Waals surface area (Å²) in [5, 5.41) is 6.16. The van der Waals surface area contributed by atoms with Crippen LogP contribution in [-0.4, -0.2) is 46.1 Å². The standard InChI is InChI=1S/C3H13NO7P2/c4-2-1-3(5,12(6,7)8)13(9,10)11/h5-11H,1-2,4H2/q+2/p+1. The number of quaternary nitrogens is 1. The van der Waals surface area contributed by atoms with Gasteiger partial charge in [0.05, 0.1) is 6.54 Å². The van der Waals surface area contributed by atoms with Gasteiger partial charge in [-0.3, -0.25) is 0 Å². The van der Waals surface area contributed by atoms with E-state index < -0.39 is 27.4 Å². The number of rotatable bonds is 4. The highest BCUT2D eigenvalue weighted by Crippen LogP contribution is 2.76. The molecule has 13 heavy (non-hydrogen) atoms. The molecule has 0 aliphatic carbocycles. The molecule has 0 aromatic rings. The van der Waals surface area contributed by atoms with Gasteiger partial charge in [0.25, 0.3) is 0 Å². The summed E-state index contributed by atoms with van der Waals surface area (Å²) in [5.41, 5.74) is 3.21. The third kappa shape index (κ3) is 2.74. The van der Waals surface area contributed by atoms with Crippen LogP contribution >= 0.6 is 15.9 Å². The summed E-state index contributed by atoms with van der Waals surface area (Å²) in [5.74, 6) is 0. The van der Waals surface area contributed by atoms with Crippen molar-refractivity contribution >= 4 is 15.9 Å². The van der Waals surface area contributed by atoms with Crippen molar-refractivity contribution in [3.8, 4) is 0 Å². The third-order valence-corrected chi connectivity index (χ3v) is 5.45. The second-order valence-corrected chi connectivity index (χ2v) is 6.62. The van der Waals surface area contributed by atoms with Crippen molar-refractivity contribution in [2.45, 2.75) is 11.5 Å². The highest BCUT2D eigenvalue weighted by atomic mass is 31.3. The SMILES string of the molecule is [NH3+]CCC(O)([P+](O)(O)O)[P+](O)(O)O.